The monoisotopic (exact) mass is 203 g/mol. The van der Waals surface area contributed by atoms with Crippen molar-refractivity contribution in [2.45, 2.75) is 30.2 Å². The van der Waals surface area contributed by atoms with Crippen molar-refractivity contribution in [1.29, 1.82) is 0 Å². The number of carbonyl (C=O) groups is 1. The Balaban J connectivity index is 1.74. The first kappa shape index (κ1) is 8.77. The minimum Gasteiger partial charge on any atom is -0.465 e. The van der Waals surface area contributed by atoms with Crippen molar-refractivity contribution in [3.63, 3.8) is 0 Å². The average Bonchev–Trinajstić information content (AvgIpc) is 2.10. The molecule has 0 unspecified atom stereocenters. The van der Waals surface area contributed by atoms with Crippen molar-refractivity contribution in [3.8, 4) is 0 Å². The van der Waals surface area contributed by atoms with Crippen molar-refractivity contribution in [1.82, 2.24) is 5.32 Å². The zero-order valence-electron chi connectivity index (χ0n) is 8.36. The van der Waals surface area contributed by atoms with Gasteiger partial charge in [-0.1, -0.05) is 30.3 Å². The topological polar surface area (TPSA) is 49.3 Å². The standard InChI is InChI=1S/C12H13NO2/c14-10(15)13-12-6-11(7-12,8-12)9-4-2-1-3-5-9/h1-5,13H,6-8H2,(H,14,15). The molecule has 2 bridgehead atoms. The van der Waals surface area contributed by atoms with E-state index in [1.165, 1.54) is 5.56 Å². The zero-order valence-corrected chi connectivity index (χ0v) is 8.36. The molecule has 0 heterocycles. The second-order valence-electron chi connectivity index (χ2n) is 4.89. The largest absolute Gasteiger partial charge is 0.465 e. The molecule has 3 heteroatoms. The molecule has 0 spiro atoms. The van der Waals surface area contributed by atoms with Crippen LogP contribution in [-0.2, 0) is 5.41 Å². The fraction of sp³-hybridized carbons (Fsp3) is 0.417. The van der Waals surface area contributed by atoms with Crippen LogP contribution in [0.5, 0.6) is 0 Å². The highest BCUT2D eigenvalue weighted by Crippen LogP contribution is 2.67. The normalized spacial score (nSPS) is 36.3. The van der Waals surface area contributed by atoms with Gasteiger partial charge in [0.15, 0.2) is 0 Å². The van der Waals surface area contributed by atoms with E-state index in [2.05, 4.69) is 17.4 Å². The third kappa shape index (κ3) is 1.09. The van der Waals surface area contributed by atoms with Crippen LogP contribution in [0.3, 0.4) is 0 Å². The molecule has 4 rings (SSSR count). The summed E-state index contributed by atoms with van der Waals surface area (Å²) in [4.78, 5) is 10.6. The molecule has 1 aromatic rings. The van der Waals surface area contributed by atoms with E-state index in [0.717, 1.165) is 19.3 Å². The highest BCUT2D eigenvalue weighted by molar-refractivity contribution is 5.67. The molecule has 3 nitrogen and oxygen atoms in total. The lowest BCUT2D eigenvalue weighted by atomic mass is 9.37. The predicted octanol–water partition coefficient (Wildman–Crippen LogP) is 2.13. The maximum Gasteiger partial charge on any atom is 0.405 e. The van der Waals surface area contributed by atoms with Crippen molar-refractivity contribution < 1.29 is 9.90 Å². The number of nitrogens with one attached hydrogen (secondary N) is 1. The predicted molar refractivity (Wildman–Crippen MR) is 55.9 cm³/mol. The summed E-state index contributed by atoms with van der Waals surface area (Å²) in [5, 5.41) is 11.3. The smallest absolute Gasteiger partial charge is 0.405 e. The Kier molecular flexibility index (Phi) is 1.48. The lowest BCUT2D eigenvalue weighted by Gasteiger charge is -2.70. The van der Waals surface area contributed by atoms with Gasteiger partial charge in [0, 0.05) is 11.0 Å². The summed E-state index contributed by atoms with van der Waals surface area (Å²) < 4.78 is 0. The molecule has 3 aliphatic carbocycles. The van der Waals surface area contributed by atoms with E-state index in [1.54, 1.807) is 0 Å². The van der Waals surface area contributed by atoms with E-state index >= 15 is 0 Å². The quantitative estimate of drug-likeness (QED) is 0.773. The van der Waals surface area contributed by atoms with E-state index in [9.17, 15) is 4.79 Å². The van der Waals surface area contributed by atoms with Gasteiger partial charge in [0.1, 0.15) is 0 Å². The molecule has 3 aliphatic rings. The van der Waals surface area contributed by atoms with Crippen LogP contribution in [0, 0.1) is 0 Å². The second kappa shape index (κ2) is 2.54. The van der Waals surface area contributed by atoms with Gasteiger partial charge < -0.3 is 10.4 Å². The first-order valence-electron chi connectivity index (χ1n) is 5.21. The molecule has 2 N–H and O–H groups in total. The molecule has 0 radical (unpaired) electrons. The fourth-order valence-electron chi connectivity index (χ4n) is 3.25. The number of hydrogen-bond acceptors (Lipinski definition) is 1. The van der Waals surface area contributed by atoms with Crippen molar-refractivity contribution in [2.75, 3.05) is 0 Å². The first-order chi connectivity index (χ1) is 7.14. The molecule has 15 heavy (non-hydrogen) atoms. The van der Waals surface area contributed by atoms with Crippen LogP contribution in [0.25, 0.3) is 0 Å². The van der Waals surface area contributed by atoms with Gasteiger partial charge in [-0.25, -0.2) is 4.79 Å². The fourth-order valence-corrected chi connectivity index (χ4v) is 3.25. The summed E-state index contributed by atoms with van der Waals surface area (Å²) in [6, 6.07) is 10.4. The maximum atomic E-state index is 10.6. The van der Waals surface area contributed by atoms with Gasteiger partial charge in [0.2, 0.25) is 0 Å². The Morgan fingerprint density at radius 3 is 2.33 bits per heavy atom. The molecule has 1 amide bonds. The van der Waals surface area contributed by atoms with Crippen LogP contribution in [0.1, 0.15) is 24.8 Å². The van der Waals surface area contributed by atoms with Crippen LogP contribution in [-0.4, -0.2) is 16.7 Å². The summed E-state index contributed by atoms with van der Waals surface area (Å²) in [6.45, 7) is 0. The van der Waals surface area contributed by atoms with Crippen molar-refractivity contribution >= 4 is 6.09 Å². The average molecular weight is 203 g/mol. The molecule has 3 fully saturated rings. The number of benzene rings is 1. The molecule has 1 aromatic carbocycles. The molecule has 78 valence electrons. The van der Waals surface area contributed by atoms with Crippen molar-refractivity contribution in [3.05, 3.63) is 35.9 Å². The van der Waals surface area contributed by atoms with Crippen LogP contribution in [0.4, 0.5) is 4.79 Å². The molecular weight excluding hydrogens is 190 g/mol. The summed E-state index contributed by atoms with van der Waals surface area (Å²) in [7, 11) is 0. The zero-order chi connectivity index (χ0) is 10.5. The Labute approximate surface area is 88.1 Å². The number of rotatable bonds is 2. The molecular formula is C12H13NO2. The van der Waals surface area contributed by atoms with Gasteiger partial charge >= 0.3 is 6.09 Å². The molecule has 3 saturated carbocycles. The van der Waals surface area contributed by atoms with Crippen LogP contribution < -0.4 is 5.32 Å². The summed E-state index contributed by atoms with van der Waals surface area (Å²) in [5.41, 5.74) is 1.55. The Bertz CT molecular complexity index is 393. The number of hydrogen-bond donors (Lipinski definition) is 2. The summed E-state index contributed by atoms with van der Waals surface area (Å²) in [5.74, 6) is 0. The number of carboxylic acid groups (broad SMARTS) is 1. The summed E-state index contributed by atoms with van der Waals surface area (Å²) in [6.07, 6.45) is 2.01. The third-order valence-electron chi connectivity index (χ3n) is 3.79. The summed E-state index contributed by atoms with van der Waals surface area (Å²) >= 11 is 0. The Morgan fingerprint density at radius 2 is 1.80 bits per heavy atom. The SMILES string of the molecule is O=C(O)NC12CC(c3ccccc3)(C1)C2. The van der Waals surface area contributed by atoms with E-state index in [-0.39, 0.29) is 11.0 Å². The van der Waals surface area contributed by atoms with Gasteiger partial charge in [-0.05, 0) is 24.8 Å². The molecule has 0 aromatic heterocycles. The van der Waals surface area contributed by atoms with Crippen LogP contribution in [0.2, 0.25) is 0 Å². The second-order valence-corrected chi connectivity index (χ2v) is 4.89. The van der Waals surface area contributed by atoms with E-state index in [4.69, 9.17) is 5.11 Å². The molecule has 0 atom stereocenters. The third-order valence-corrected chi connectivity index (χ3v) is 3.79. The lowest BCUT2D eigenvalue weighted by Crippen LogP contribution is -2.76. The van der Waals surface area contributed by atoms with Gasteiger partial charge in [-0.3, -0.25) is 0 Å². The van der Waals surface area contributed by atoms with Crippen molar-refractivity contribution in [2.24, 2.45) is 0 Å². The Morgan fingerprint density at radius 1 is 1.20 bits per heavy atom. The van der Waals surface area contributed by atoms with E-state index in [1.807, 2.05) is 18.2 Å². The van der Waals surface area contributed by atoms with Crippen LogP contribution >= 0.6 is 0 Å². The van der Waals surface area contributed by atoms with Crippen LogP contribution in [0.15, 0.2) is 30.3 Å². The highest BCUT2D eigenvalue weighted by Gasteiger charge is 2.69. The van der Waals surface area contributed by atoms with Gasteiger partial charge in [-0.2, -0.15) is 0 Å². The van der Waals surface area contributed by atoms with Gasteiger partial charge in [0.05, 0.1) is 0 Å². The lowest BCUT2D eigenvalue weighted by molar-refractivity contribution is -0.0821. The molecule has 0 aliphatic heterocycles. The van der Waals surface area contributed by atoms with Gasteiger partial charge in [-0.15, -0.1) is 0 Å². The first-order valence-corrected chi connectivity index (χ1v) is 5.21. The molecule has 0 saturated heterocycles. The highest BCUT2D eigenvalue weighted by atomic mass is 16.4. The minimum absolute atomic E-state index is 0.0956. The van der Waals surface area contributed by atoms with E-state index in [0.29, 0.717) is 0 Å². The minimum atomic E-state index is -0.892. The number of amides is 1. The maximum absolute atomic E-state index is 10.6. The Hall–Kier alpha value is -1.51. The van der Waals surface area contributed by atoms with Gasteiger partial charge in [0.25, 0.3) is 0 Å². The van der Waals surface area contributed by atoms with E-state index < -0.39 is 6.09 Å².